The van der Waals surface area contributed by atoms with E-state index in [1.807, 2.05) is 33.0 Å². The van der Waals surface area contributed by atoms with Crippen LogP contribution in [0.2, 0.25) is 0 Å². The molecule has 1 aliphatic carbocycles. The van der Waals surface area contributed by atoms with Gasteiger partial charge in [0, 0.05) is 37.4 Å². The zero-order valence-corrected chi connectivity index (χ0v) is 14.6. The number of hydrogen-bond acceptors (Lipinski definition) is 4. The van der Waals surface area contributed by atoms with Crippen LogP contribution in [-0.2, 0) is 6.54 Å². The van der Waals surface area contributed by atoms with Gasteiger partial charge in [0.1, 0.15) is 11.5 Å². The number of pyridine rings is 2. The van der Waals surface area contributed by atoms with Crippen molar-refractivity contribution >= 4 is 17.2 Å². The van der Waals surface area contributed by atoms with Gasteiger partial charge in [0.2, 0.25) is 0 Å². The van der Waals surface area contributed by atoms with E-state index in [9.17, 15) is 0 Å². The molecule has 1 aliphatic rings. The van der Waals surface area contributed by atoms with Crippen molar-refractivity contribution in [2.75, 3.05) is 17.7 Å². The normalized spacial score (nSPS) is 13.3. The lowest BCUT2D eigenvalue weighted by molar-refractivity contribution is 1.05. The topological polar surface area (TPSA) is 54.2 Å². The molecule has 1 saturated carbocycles. The van der Waals surface area contributed by atoms with Crippen LogP contribution >= 0.6 is 0 Å². The second-order valence-electron chi connectivity index (χ2n) is 5.77. The van der Waals surface area contributed by atoms with E-state index in [1.54, 1.807) is 6.20 Å². The second-order valence-corrected chi connectivity index (χ2v) is 5.77. The molecule has 5 nitrogen and oxygen atoms in total. The van der Waals surface area contributed by atoms with Crippen LogP contribution in [-0.4, -0.2) is 21.4 Å². The molecule has 0 bridgehead atoms. The molecule has 4 rings (SSSR count). The van der Waals surface area contributed by atoms with E-state index in [-0.39, 0.29) is 0 Å². The molecule has 1 fully saturated rings. The summed E-state index contributed by atoms with van der Waals surface area (Å²) in [5.41, 5.74) is 4.51. The molecule has 24 heavy (non-hydrogen) atoms. The summed E-state index contributed by atoms with van der Waals surface area (Å²) in [7, 11) is 1.87. The first kappa shape index (κ1) is 16.3. The van der Waals surface area contributed by atoms with Crippen LogP contribution in [0.3, 0.4) is 0 Å². The van der Waals surface area contributed by atoms with Crippen molar-refractivity contribution in [2.45, 2.75) is 39.2 Å². The Hall–Kier alpha value is -2.56. The Kier molecular flexibility index (Phi) is 4.99. The van der Waals surface area contributed by atoms with Crippen LogP contribution in [0, 0.1) is 0 Å². The predicted molar refractivity (Wildman–Crippen MR) is 99.6 cm³/mol. The summed E-state index contributed by atoms with van der Waals surface area (Å²) in [5.74, 6) is 1.62. The van der Waals surface area contributed by atoms with Crippen molar-refractivity contribution in [3.8, 4) is 0 Å². The van der Waals surface area contributed by atoms with Crippen LogP contribution in [0.4, 0.5) is 11.5 Å². The number of anilines is 2. The van der Waals surface area contributed by atoms with Gasteiger partial charge in [0.05, 0.1) is 12.2 Å². The minimum absolute atomic E-state index is 0.702. The molecular weight excluding hydrogens is 298 g/mol. The van der Waals surface area contributed by atoms with E-state index < -0.39 is 0 Å². The van der Waals surface area contributed by atoms with Gasteiger partial charge >= 0.3 is 0 Å². The third kappa shape index (κ3) is 3.67. The van der Waals surface area contributed by atoms with Gasteiger partial charge in [-0.05, 0) is 36.5 Å². The quantitative estimate of drug-likeness (QED) is 0.735. The van der Waals surface area contributed by atoms with E-state index in [2.05, 4.69) is 49.5 Å². The fourth-order valence-electron chi connectivity index (χ4n) is 2.67. The van der Waals surface area contributed by atoms with Gasteiger partial charge in [0.15, 0.2) is 0 Å². The van der Waals surface area contributed by atoms with Gasteiger partial charge in [-0.25, -0.2) is 9.97 Å². The molecule has 3 aromatic rings. The first-order chi connectivity index (χ1) is 11.8. The number of nitrogens with one attached hydrogen (secondary N) is 2. The Bertz CT molecular complexity index is 804. The fourth-order valence-corrected chi connectivity index (χ4v) is 2.67. The lowest BCUT2D eigenvalue weighted by Crippen LogP contribution is -2.01. The Morgan fingerprint density at radius 1 is 1.17 bits per heavy atom. The summed E-state index contributed by atoms with van der Waals surface area (Å²) in [5, 5.41) is 6.43. The average Bonchev–Trinajstić information content (AvgIpc) is 3.41. The lowest BCUT2D eigenvalue weighted by atomic mass is 10.2. The molecule has 0 aliphatic heterocycles. The van der Waals surface area contributed by atoms with Gasteiger partial charge in [-0.15, -0.1) is 0 Å². The van der Waals surface area contributed by atoms with Crippen LogP contribution in [0.25, 0.3) is 5.65 Å². The summed E-state index contributed by atoms with van der Waals surface area (Å²) in [6, 6.07) is 8.27. The van der Waals surface area contributed by atoms with Gasteiger partial charge in [-0.1, -0.05) is 19.9 Å². The maximum Gasteiger partial charge on any atom is 0.137 e. The first-order valence-electron chi connectivity index (χ1n) is 8.67. The highest BCUT2D eigenvalue weighted by Gasteiger charge is 2.23. The molecule has 126 valence electrons. The predicted octanol–water partition coefficient (Wildman–Crippen LogP) is 4.29. The van der Waals surface area contributed by atoms with Gasteiger partial charge in [0.25, 0.3) is 0 Å². The number of rotatable bonds is 5. The molecule has 3 heterocycles. The molecule has 5 heteroatoms. The standard InChI is InChI=1S/C17H19N5.C2H6/c1-18-16-8-14(6-7-19-16)20-9-15-11-22-10-13(12-2-3-12)4-5-17(22)21-15;1-2/h4-8,10-12H,2-3,9H2,1H3,(H2,18,19,20);1-2H3. The van der Waals surface area contributed by atoms with Crippen molar-refractivity contribution in [3.63, 3.8) is 0 Å². The molecule has 0 spiro atoms. The Morgan fingerprint density at radius 2 is 2.00 bits per heavy atom. The molecule has 0 saturated heterocycles. The number of imidazole rings is 1. The number of hydrogen-bond donors (Lipinski definition) is 2. The fraction of sp³-hybridized carbons (Fsp3) is 0.368. The highest BCUT2D eigenvalue weighted by atomic mass is 15.0. The minimum Gasteiger partial charge on any atom is -0.379 e. The highest BCUT2D eigenvalue weighted by molar-refractivity contribution is 5.52. The summed E-state index contributed by atoms with van der Waals surface area (Å²) < 4.78 is 2.14. The van der Waals surface area contributed by atoms with E-state index in [4.69, 9.17) is 0 Å². The summed E-state index contributed by atoms with van der Waals surface area (Å²) in [4.78, 5) is 8.87. The Balaban J connectivity index is 0.000000815. The lowest BCUT2D eigenvalue weighted by Gasteiger charge is -2.05. The molecule has 0 atom stereocenters. The Labute approximate surface area is 143 Å². The summed E-state index contributed by atoms with van der Waals surface area (Å²) in [6.45, 7) is 4.70. The zero-order chi connectivity index (χ0) is 16.9. The van der Waals surface area contributed by atoms with E-state index >= 15 is 0 Å². The molecule has 0 aromatic carbocycles. The van der Waals surface area contributed by atoms with E-state index in [0.717, 1.165) is 28.8 Å². The molecule has 0 radical (unpaired) electrons. The van der Waals surface area contributed by atoms with Crippen molar-refractivity contribution in [2.24, 2.45) is 0 Å². The maximum atomic E-state index is 4.66. The number of fused-ring (bicyclic) bond motifs is 1. The Morgan fingerprint density at radius 3 is 2.75 bits per heavy atom. The SMILES string of the molecule is CC.CNc1cc(NCc2cn3cc(C4CC4)ccc3n2)ccn1. The van der Waals surface area contributed by atoms with Gasteiger partial charge in [-0.3, -0.25) is 0 Å². The maximum absolute atomic E-state index is 4.66. The van der Waals surface area contributed by atoms with Crippen molar-refractivity contribution in [1.29, 1.82) is 0 Å². The zero-order valence-electron chi connectivity index (χ0n) is 14.6. The smallest absolute Gasteiger partial charge is 0.137 e. The third-order valence-corrected chi connectivity index (χ3v) is 4.06. The van der Waals surface area contributed by atoms with Gasteiger partial charge in [-0.2, -0.15) is 0 Å². The van der Waals surface area contributed by atoms with Crippen LogP contribution in [0.5, 0.6) is 0 Å². The van der Waals surface area contributed by atoms with Crippen molar-refractivity contribution < 1.29 is 0 Å². The first-order valence-corrected chi connectivity index (χ1v) is 8.67. The van der Waals surface area contributed by atoms with Crippen LogP contribution in [0.1, 0.15) is 43.9 Å². The molecule has 0 amide bonds. The molecule has 0 unspecified atom stereocenters. The average molecular weight is 323 g/mol. The number of aromatic nitrogens is 3. The van der Waals surface area contributed by atoms with Crippen molar-refractivity contribution in [3.05, 3.63) is 54.1 Å². The highest BCUT2D eigenvalue weighted by Crippen LogP contribution is 2.39. The largest absolute Gasteiger partial charge is 0.379 e. The van der Waals surface area contributed by atoms with E-state index in [1.165, 1.54) is 18.4 Å². The minimum atomic E-state index is 0.702. The number of nitrogens with zero attached hydrogens (tertiary/aromatic N) is 3. The van der Waals surface area contributed by atoms with Crippen LogP contribution in [0.15, 0.2) is 42.9 Å². The van der Waals surface area contributed by atoms with Gasteiger partial charge < -0.3 is 15.0 Å². The molecule has 3 aromatic heterocycles. The third-order valence-electron chi connectivity index (χ3n) is 4.06. The molecular formula is C19H25N5. The van der Waals surface area contributed by atoms with Crippen molar-refractivity contribution in [1.82, 2.24) is 14.4 Å². The summed E-state index contributed by atoms with van der Waals surface area (Å²) >= 11 is 0. The van der Waals surface area contributed by atoms with Crippen LogP contribution < -0.4 is 10.6 Å². The monoisotopic (exact) mass is 323 g/mol. The van der Waals surface area contributed by atoms with E-state index in [0.29, 0.717) is 6.54 Å². The summed E-state index contributed by atoms with van der Waals surface area (Å²) in [6.07, 6.45) is 8.76. The second kappa shape index (κ2) is 7.34. The molecule has 2 N–H and O–H groups in total.